The number of carboxylic acid groups (broad SMARTS) is 2. The molecule has 0 aliphatic carbocycles. The summed E-state index contributed by atoms with van der Waals surface area (Å²) in [5, 5.41) is 17.3. The molecule has 0 bridgehead atoms. The normalized spacial score (nSPS) is 13.1. The molecule has 0 rings (SSSR count). The topological polar surface area (TPSA) is 74.6 Å². The molecule has 0 aromatic heterocycles. The highest BCUT2D eigenvalue weighted by molar-refractivity contribution is 6.31. The van der Waals surface area contributed by atoms with Gasteiger partial charge in [0.1, 0.15) is 5.92 Å². The van der Waals surface area contributed by atoms with Crippen LogP contribution in [0.2, 0.25) is 0 Å². The first-order valence-corrected chi connectivity index (χ1v) is 3.92. The monoisotopic (exact) mass is 216 g/mol. The van der Waals surface area contributed by atoms with E-state index in [0.29, 0.717) is 0 Å². The molecule has 0 radical (unpaired) electrons. The largest absolute Gasteiger partial charge is 0.481 e. The van der Waals surface area contributed by atoms with Crippen LogP contribution in [0.3, 0.4) is 0 Å². The van der Waals surface area contributed by atoms with Gasteiger partial charge in [-0.15, -0.1) is 6.58 Å². The minimum Gasteiger partial charge on any atom is -0.481 e. The highest BCUT2D eigenvalue weighted by Gasteiger charge is 2.24. The van der Waals surface area contributed by atoms with E-state index in [2.05, 4.69) is 13.2 Å². The van der Waals surface area contributed by atoms with Gasteiger partial charge in [-0.05, 0) is 6.08 Å². The van der Waals surface area contributed by atoms with Crippen LogP contribution >= 0.6 is 11.6 Å². The first-order valence-electron chi connectivity index (χ1n) is 3.54. The predicted octanol–water partition coefficient (Wildman–Crippen LogP) is 1.64. The summed E-state index contributed by atoms with van der Waals surface area (Å²) in [5.41, 5.74) is -0.368. The van der Waals surface area contributed by atoms with Crippen molar-refractivity contribution in [2.24, 2.45) is 5.92 Å². The second kappa shape index (κ2) is 5.24. The van der Waals surface area contributed by atoms with E-state index in [4.69, 9.17) is 21.8 Å². The number of aliphatic carboxylic acids is 2. The fraction of sp³-hybridized carbons (Fsp3) is 0.111. The molecule has 0 aromatic carbocycles. The minimum atomic E-state index is -1.36. The van der Waals surface area contributed by atoms with E-state index in [9.17, 15) is 9.59 Å². The molecule has 0 spiro atoms. The van der Waals surface area contributed by atoms with Crippen LogP contribution in [-0.2, 0) is 9.59 Å². The van der Waals surface area contributed by atoms with Crippen LogP contribution in [0.4, 0.5) is 0 Å². The first-order chi connectivity index (χ1) is 6.40. The van der Waals surface area contributed by atoms with Crippen LogP contribution in [-0.4, -0.2) is 22.2 Å². The Labute approximate surface area is 85.8 Å². The van der Waals surface area contributed by atoms with Crippen LogP contribution in [0.5, 0.6) is 0 Å². The maximum Gasteiger partial charge on any atom is 0.332 e. The number of hydrogen-bond donors (Lipinski definition) is 2. The van der Waals surface area contributed by atoms with Crippen molar-refractivity contribution in [1.82, 2.24) is 0 Å². The third-order valence-corrected chi connectivity index (χ3v) is 1.50. The predicted molar refractivity (Wildman–Crippen MR) is 52.0 cm³/mol. The van der Waals surface area contributed by atoms with Gasteiger partial charge in [0.15, 0.2) is 0 Å². The summed E-state index contributed by atoms with van der Waals surface area (Å²) in [4.78, 5) is 21.3. The lowest BCUT2D eigenvalue weighted by Gasteiger charge is -2.07. The van der Waals surface area contributed by atoms with Gasteiger partial charge in [0.05, 0.1) is 5.57 Å². The van der Waals surface area contributed by atoms with E-state index >= 15 is 0 Å². The van der Waals surface area contributed by atoms with Crippen molar-refractivity contribution in [1.29, 1.82) is 0 Å². The Hall–Kier alpha value is -1.55. The number of carboxylic acids is 2. The van der Waals surface area contributed by atoms with Crippen molar-refractivity contribution >= 4 is 23.5 Å². The molecule has 76 valence electrons. The molecule has 0 fully saturated rings. The lowest BCUT2D eigenvalue weighted by molar-refractivity contribution is -0.142. The van der Waals surface area contributed by atoms with Crippen LogP contribution in [0.15, 0.2) is 35.9 Å². The zero-order valence-electron chi connectivity index (χ0n) is 7.24. The highest BCUT2D eigenvalue weighted by Crippen LogP contribution is 2.16. The lowest BCUT2D eigenvalue weighted by Crippen LogP contribution is -2.19. The molecule has 1 unspecified atom stereocenters. The molecule has 0 aliphatic heterocycles. The van der Waals surface area contributed by atoms with Crippen molar-refractivity contribution in [2.75, 3.05) is 0 Å². The molecule has 0 aliphatic rings. The van der Waals surface area contributed by atoms with Crippen molar-refractivity contribution < 1.29 is 19.8 Å². The Morgan fingerprint density at radius 3 is 2.07 bits per heavy atom. The van der Waals surface area contributed by atoms with Gasteiger partial charge in [0, 0.05) is 5.03 Å². The third kappa shape index (κ3) is 3.45. The summed E-state index contributed by atoms with van der Waals surface area (Å²) in [6, 6.07) is 0. The summed E-state index contributed by atoms with van der Waals surface area (Å²) in [6.07, 6.45) is 2.01. The standard InChI is InChI=1S/C9H9ClO4/c1-3-6(8(11)12)7(9(13)14)4-5(2)10/h3-4,6H,1-2H2,(H,11,12)(H,13,14). The Bertz CT molecular complexity index is 317. The quantitative estimate of drug-likeness (QED) is 0.416. The Balaban J connectivity index is 5.18. The SMILES string of the molecule is C=CC(C(=O)O)C(=CC(=C)Cl)C(=O)O. The van der Waals surface area contributed by atoms with Gasteiger partial charge in [0.25, 0.3) is 0 Å². The van der Waals surface area contributed by atoms with E-state index in [1.165, 1.54) is 0 Å². The summed E-state index contributed by atoms with van der Waals surface area (Å²) >= 11 is 5.36. The average Bonchev–Trinajstić information content (AvgIpc) is 2.02. The summed E-state index contributed by atoms with van der Waals surface area (Å²) in [5.74, 6) is -3.95. The van der Waals surface area contributed by atoms with Gasteiger partial charge in [-0.2, -0.15) is 0 Å². The van der Waals surface area contributed by atoms with Gasteiger partial charge < -0.3 is 10.2 Å². The second-order valence-corrected chi connectivity index (χ2v) is 2.89. The molecule has 4 nitrogen and oxygen atoms in total. The molecular formula is C9H9ClO4. The summed E-state index contributed by atoms with van der Waals surface area (Å²) in [6.45, 7) is 6.49. The molecule has 0 heterocycles. The number of halogens is 1. The van der Waals surface area contributed by atoms with Crippen molar-refractivity contribution in [2.45, 2.75) is 0 Å². The zero-order valence-corrected chi connectivity index (χ0v) is 7.99. The Kier molecular flexibility index (Phi) is 4.66. The van der Waals surface area contributed by atoms with Gasteiger partial charge in [-0.3, -0.25) is 4.79 Å². The van der Waals surface area contributed by atoms with E-state index in [1.54, 1.807) is 0 Å². The number of rotatable bonds is 5. The number of hydrogen-bond acceptors (Lipinski definition) is 2. The van der Waals surface area contributed by atoms with Crippen molar-refractivity contribution in [3.05, 3.63) is 35.9 Å². The molecule has 1 atom stereocenters. The van der Waals surface area contributed by atoms with Gasteiger partial charge in [-0.1, -0.05) is 24.3 Å². The molecule has 0 amide bonds. The molecular weight excluding hydrogens is 208 g/mol. The maximum absolute atomic E-state index is 10.7. The maximum atomic E-state index is 10.7. The summed E-state index contributed by atoms with van der Waals surface area (Å²) in [7, 11) is 0. The summed E-state index contributed by atoms with van der Waals surface area (Å²) < 4.78 is 0. The van der Waals surface area contributed by atoms with Crippen LogP contribution in [0.1, 0.15) is 0 Å². The van der Waals surface area contributed by atoms with Crippen molar-refractivity contribution in [3.63, 3.8) is 0 Å². The lowest BCUT2D eigenvalue weighted by atomic mass is 9.99. The molecule has 2 N–H and O–H groups in total. The Morgan fingerprint density at radius 1 is 1.36 bits per heavy atom. The second-order valence-electron chi connectivity index (χ2n) is 2.40. The number of allylic oxidation sites excluding steroid dienone is 2. The average molecular weight is 217 g/mol. The molecule has 14 heavy (non-hydrogen) atoms. The van der Waals surface area contributed by atoms with E-state index in [1.807, 2.05) is 0 Å². The fourth-order valence-corrected chi connectivity index (χ4v) is 0.932. The van der Waals surface area contributed by atoms with E-state index in [-0.39, 0.29) is 10.6 Å². The minimum absolute atomic E-state index is 0.0458. The zero-order chi connectivity index (χ0) is 11.3. The van der Waals surface area contributed by atoms with Crippen LogP contribution in [0.25, 0.3) is 0 Å². The highest BCUT2D eigenvalue weighted by atomic mass is 35.5. The molecule has 0 saturated carbocycles. The van der Waals surface area contributed by atoms with Gasteiger partial charge in [-0.25, -0.2) is 4.79 Å². The van der Waals surface area contributed by atoms with Crippen molar-refractivity contribution in [3.8, 4) is 0 Å². The smallest absolute Gasteiger partial charge is 0.332 e. The van der Waals surface area contributed by atoms with Gasteiger partial charge >= 0.3 is 11.9 Å². The van der Waals surface area contributed by atoms with Gasteiger partial charge in [0.2, 0.25) is 0 Å². The van der Waals surface area contributed by atoms with E-state index < -0.39 is 17.9 Å². The number of carbonyl (C=O) groups is 2. The molecule has 5 heteroatoms. The molecule has 0 aromatic rings. The Morgan fingerprint density at radius 2 is 1.86 bits per heavy atom. The van der Waals surface area contributed by atoms with Crippen LogP contribution in [0, 0.1) is 5.92 Å². The van der Waals surface area contributed by atoms with Crippen LogP contribution < -0.4 is 0 Å². The van der Waals surface area contributed by atoms with E-state index in [0.717, 1.165) is 12.2 Å². The third-order valence-electron chi connectivity index (χ3n) is 1.40. The molecule has 0 saturated heterocycles. The first kappa shape index (κ1) is 12.4. The fourth-order valence-electron chi connectivity index (χ4n) is 0.814.